The van der Waals surface area contributed by atoms with Gasteiger partial charge in [-0.05, 0) is 19.3 Å². The zero-order valence-corrected chi connectivity index (χ0v) is 8.04. The van der Waals surface area contributed by atoms with Crippen molar-refractivity contribution >= 4 is 5.91 Å². The molecule has 72 valence electrons. The molecule has 0 radical (unpaired) electrons. The second-order valence-corrected chi connectivity index (χ2v) is 3.36. The maximum Gasteiger partial charge on any atom is 0.223 e. The minimum absolute atomic E-state index is 0.251. The van der Waals surface area contributed by atoms with Gasteiger partial charge in [-0.3, -0.25) is 4.79 Å². The molecule has 1 amide bonds. The summed E-state index contributed by atoms with van der Waals surface area (Å²) in [4.78, 5) is 13.4. The van der Waals surface area contributed by atoms with Gasteiger partial charge in [0, 0.05) is 19.0 Å². The minimum atomic E-state index is 0.251. The molecule has 1 unspecified atom stereocenters. The molecular weight excluding hydrogens is 162 g/mol. The van der Waals surface area contributed by atoms with Gasteiger partial charge in [0.15, 0.2) is 0 Å². The second-order valence-electron chi connectivity index (χ2n) is 3.36. The predicted molar refractivity (Wildman–Crippen MR) is 54.4 cm³/mol. The third-order valence-corrected chi connectivity index (χ3v) is 2.46. The molecule has 0 N–H and O–H groups in total. The highest BCUT2D eigenvalue weighted by atomic mass is 16.2. The Morgan fingerprint density at radius 1 is 1.54 bits per heavy atom. The number of amides is 1. The molecule has 1 saturated heterocycles. The minimum Gasteiger partial charge on any atom is -0.336 e. The number of likely N-dealkylation sites (tertiary alicyclic amines) is 1. The molecule has 1 aliphatic rings. The average molecular weight is 179 g/mol. The molecular formula is C11H17NO. The molecule has 1 fully saturated rings. The van der Waals surface area contributed by atoms with E-state index in [4.69, 9.17) is 0 Å². The zero-order valence-electron chi connectivity index (χ0n) is 8.04. The van der Waals surface area contributed by atoms with E-state index in [1.807, 2.05) is 17.1 Å². The van der Waals surface area contributed by atoms with Crippen LogP contribution in [0.1, 0.15) is 25.7 Å². The average Bonchev–Trinajstić information content (AvgIpc) is 2.15. The van der Waals surface area contributed by atoms with Crippen molar-refractivity contribution in [3.8, 4) is 0 Å². The van der Waals surface area contributed by atoms with E-state index < -0.39 is 0 Å². The second kappa shape index (κ2) is 4.85. The van der Waals surface area contributed by atoms with E-state index in [1.54, 1.807) is 0 Å². The van der Waals surface area contributed by atoms with Crippen LogP contribution < -0.4 is 0 Å². The highest BCUT2D eigenvalue weighted by Gasteiger charge is 2.24. The molecule has 0 aliphatic carbocycles. The van der Waals surface area contributed by atoms with Crippen LogP contribution in [0.2, 0.25) is 0 Å². The van der Waals surface area contributed by atoms with Crippen LogP contribution >= 0.6 is 0 Å². The van der Waals surface area contributed by atoms with Crippen LogP contribution in [0.15, 0.2) is 25.3 Å². The Kier molecular flexibility index (Phi) is 3.74. The van der Waals surface area contributed by atoms with Gasteiger partial charge in [-0.2, -0.15) is 0 Å². The summed E-state index contributed by atoms with van der Waals surface area (Å²) < 4.78 is 0. The molecule has 0 aromatic rings. The van der Waals surface area contributed by atoms with E-state index in [9.17, 15) is 4.79 Å². The first-order valence-electron chi connectivity index (χ1n) is 4.82. The van der Waals surface area contributed by atoms with Crippen LogP contribution in [-0.4, -0.2) is 23.4 Å². The SMILES string of the molecule is C=CCCN1C(=O)CCCC1C=C. The largest absolute Gasteiger partial charge is 0.336 e. The highest BCUT2D eigenvalue weighted by molar-refractivity contribution is 5.77. The van der Waals surface area contributed by atoms with Crippen molar-refractivity contribution in [2.45, 2.75) is 31.7 Å². The van der Waals surface area contributed by atoms with Gasteiger partial charge in [0.05, 0.1) is 0 Å². The Bertz CT molecular complexity index is 210. The lowest BCUT2D eigenvalue weighted by molar-refractivity contribution is -0.135. The molecule has 0 bridgehead atoms. The fraction of sp³-hybridized carbons (Fsp3) is 0.545. The fourth-order valence-electron chi connectivity index (χ4n) is 1.71. The van der Waals surface area contributed by atoms with E-state index in [1.165, 1.54) is 0 Å². The van der Waals surface area contributed by atoms with Gasteiger partial charge in [-0.1, -0.05) is 12.2 Å². The summed E-state index contributed by atoms with van der Waals surface area (Å²) >= 11 is 0. The molecule has 1 heterocycles. The van der Waals surface area contributed by atoms with E-state index >= 15 is 0 Å². The van der Waals surface area contributed by atoms with Crippen LogP contribution in [0, 0.1) is 0 Å². The Labute approximate surface area is 79.9 Å². The number of piperidine rings is 1. The van der Waals surface area contributed by atoms with E-state index in [2.05, 4.69) is 13.2 Å². The molecule has 1 aliphatic heterocycles. The summed E-state index contributed by atoms with van der Waals surface area (Å²) in [5, 5.41) is 0. The molecule has 0 aromatic heterocycles. The monoisotopic (exact) mass is 179 g/mol. The van der Waals surface area contributed by atoms with Gasteiger partial charge in [-0.25, -0.2) is 0 Å². The van der Waals surface area contributed by atoms with Crippen molar-refractivity contribution in [2.24, 2.45) is 0 Å². The van der Waals surface area contributed by atoms with Gasteiger partial charge in [-0.15, -0.1) is 13.2 Å². The van der Waals surface area contributed by atoms with Gasteiger partial charge in [0.25, 0.3) is 0 Å². The quantitative estimate of drug-likeness (QED) is 0.605. The smallest absolute Gasteiger partial charge is 0.223 e. The molecule has 0 aromatic carbocycles. The van der Waals surface area contributed by atoms with Crippen molar-refractivity contribution in [2.75, 3.05) is 6.54 Å². The van der Waals surface area contributed by atoms with Crippen molar-refractivity contribution in [1.29, 1.82) is 0 Å². The highest BCUT2D eigenvalue weighted by Crippen LogP contribution is 2.18. The van der Waals surface area contributed by atoms with Crippen molar-refractivity contribution < 1.29 is 4.79 Å². The normalized spacial score (nSPS) is 22.9. The summed E-state index contributed by atoms with van der Waals surface area (Å²) in [7, 11) is 0. The number of rotatable bonds is 4. The molecule has 2 nitrogen and oxygen atoms in total. The number of carbonyl (C=O) groups excluding carboxylic acids is 1. The van der Waals surface area contributed by atoms with Gasteiger partial charge in [0.1, 0.15) is 0 Å². The molecule has 1 atom stereocenters. The van der Waals surface area contributed by atoms with E-state index in [0.29, 0.717) is 6.42 Å². The number of hydrogen-bond acceptors (Lipinski definition) is 1. The van der Waals surface area contributed by atoms with Gasteiger partial charge in [0.2, 0.25) is 5.91 Å². The Morgan fingerprint density at radius 3 is 2.92 bits per heavy atom. The maximum atomic E-state index is 11.5. The van der Waals surface area contributed by atoms with Crippen LogP contribution in [0.5, 0.6) is 0 Å². The number of nitrogens with zero attached hydrogens (tertiary/aromatic N) is 1. The molecule has 13 heavy (non-hydrogen) atoms. The molecule has 0 spiro atoms. The first kappa shape index (κ1) is 10.0. The summed E-state index contributed by atoms with van der Waals surface area (Å²) in [6.45, 7) is 8.21. The fourth-order valence-corrected chi connectivity index (χ4v) is 1.71. The van der Waals surface area contributed by atoms with Gasteiger partial charge < -0.3 is 4.90 Å². The van der Waals surface area contributed by atoms with Gasteiger partial charge >= 0.3 is 0 Å². The van der Waals surface area contributed by atoms with Crippen LogP contribution in [0.3, 0.4) is 0 Å². The zero-order chi connectivity index (χ0) is 9.68. The first-order chi connectivity index (χ1) is 6.29. The third kappa shape index (κ3) is 2.44. The molecule has 2 heteroatoms. The van der Waals surface area contributed by atoms with Crippen LogP contribution in [-0.2, 0) is 4.79 Å². The summed E-state index contributed by atoms with van der Waals surface area (Å²) in [6, 6.07) is 0.251. The third-order valence-electron chi connectivity index (χ3n) is 2.46. The topological polar surface area (TPSA) is 20.3 Å². The summed E-state index contributed by atoms with van der Waals surface area (Å²) in [6.07, 6.45) is 7.35. The Balaban J connectivity index is 2.56. The predicted octanol–water partition coefficient (Wildman–Crippen LogP) is 2.13. The standard InChI is InChI=1S/C11H17NO/c1-3-5-9-12-10(4-2)7-6-8-11(12)13/h3-4,10H,1-2,5-9H2. The summed E-state index contributed by atoms with van der Waals surface area (Å²) in [5.41, 5.74) is 0. The van der Waals surface area contributed by atoms with Crippen molar-refractivity contribution in [3.05, 3.63) is 25.3 Å². The first-order valence-corrected chi connectivity index (χ1v) is 4.82. The van der Waals surface area contributed by atoms with Crippen molar-refractivity contribution in [1.82, 2.24) is 4.90 Å². The van der Waals surface area contributed by atoms with E-state index in [-0.39, 0.29) is 11.9 Å². The Hall–Kier alpha value is -1.05. The lowest BCUT2D eigenvalue weighted by atomic mass is 10.0. The number of hydrogen-bond donors (Lipinski definition) is 0. The lowest BCUT2D eigenvalue weighted by Gasteiger charge is -2.33. The molecule has 0 saturated carbocycles. The van der Waals surface area contributed by atoms with Crippen LogP contribution in [0.25, 0.3) is 0 Å². The van der Waals surface area contributed by atoms with Crippen LogP contribution in [0.4, 0.5) is 0 Å². The molecule has 1 rings (SSSR count). The lowest BCUT2D eigenvalue weighted by Crippen LogP contribution is -2.42. The number of carbonyl (C=O) groups is 1. The maximum absolute atomic E-state index is 11.5. The van der Waals surface area contributed by atoms with E-state index in [0.717, 1.165) is 25.8 Å². The summed E-state index contributed by atoms with van der Waals surface area (Å²) in [5.74, 6) is 0.262. The van der Waals surface area contributed by atoms with Crippen molar-refractivity contribution in [3.63, 3.8) is 0 Å². The Morgan fingerprint density at radius 2 is 2.31 bits per heavy atom.